The Hall–Kier alpha value is -0.120. The molecule has 0 radical (unpaired) electrons. The van der Waals surface area contributed by atoms with Gasteiger partial charge in [-0.1, -0.05) is 20.8 Å². The van der Waals surface area contributed by atoms with E-state index in [2.05, 4.69) is 46.6 Å². The van der Waals surface area contributed by atoms with Crippen LogP contribution in [-0.2, 0) is 0 Å². The lowest BCUT2D eigenvalue weighted by atomic mass is 9.67. The van der Waals surface area contributed by atoms with Gasteiger partial charge >= 0.3 is 0 Å². The van der Waals surface area contributed by atoms with Gasteiger partial charge in [-0.2, -0.15) is 0 Å². The first-order chi connectivity index (χ1) is 8.58. The topological polar surface area (TPSA) is 49.5 Å². The Morgan fingerprint density at radius 3 is 2.21 bits per heavy atom. The fourth-order valence-corrected chi connectivity index (χ4v) is 3.00. The first-order valence-corrected chi connectivity index (χ1v) is 7.65. The van der Waals surface area contributed by atoms with Crippen molar-refractivity contribution in [3.05, 3.63) is 0 Å². The Labute approximate surface area is 119 Å². The van der Waals surface area contributed by atoms with Crippen molar-refractivity contribution >= 4 is 0 Å². The predicted octanol–water partition coefficient (Wildman–Crippen LogP) is 2.48. The number of nitrogens with zero attached hydrogens (tertiary/aromatic N) is 1. The van der Waals surface area contributed by atoms with E-state index in [4.69, 9.17) is 5.73 Å². The second-order valence-corrected chi connectivity index (χ2v) is 8.15. The molecule has 3 unspecified atom stereocenters. The molecule has 0 aromatic carbocycles. The molecule has 114 valence electrons. The minimum absolute atomic E-state index is 0.158. The summed E-state index contributed by atoms with van der Waals surface area (Å²) in [5.41, 5.74) is 6.55. The average Bonchev–Trinajstić information content (AvgIpc) is 2.30. The fourth-order valence-electron chi connectivity index (χ4n) is 3.00. The van der Waals surface area contributed by atoms with Crippen molar-refractivity contribution in [1.29, 1.82) is 0 Å². The molecule has 3 nitrogen and oxygen atoms in total. The molecule has 0 aromatic heterocycles. The third kappa shape index (κ3) is 4.44. The van der Waals surface area contributed by atoms with Gasteiger partial charge in [-0.3, -0.25) is 4.90 Å². The standard InChI is InChI=1S/C16H34N2O/c1-15(2,3)13-7-8-14(17)12(9-13)10-18(6)16(4,5)11-19/h12-14,19H,7-11,17H2,1-6H3. The van der Waals surface area contributed by atoms with Crippen LogP contribution < -0.4 is 5.73 Å². The van der Waals surface area contributed by atoms with Gasteiger partial charge in [0, 0.05) is 18.1 Å². The molecule has 0 aliphatic heterocycles. The molecule has 0 amide bonds. The summed E-state index contributed by atoms with van der Waals surface area (Å²) in [6, 6.07) is 0.315. The summed E-state index contributed by atoms with van der Waals surface area (Å²) < 4.78 is 0. The molecular weight excluding hydrogens is 236 g/mol. The number of rotatable bonds is 4. The minimum atomic E-state index is -0.158. The Morgan fingerprint density at radius 1 is 1.16 bits per heavy atom. The maximum absolute atomic E-state index is 9.47. The second-order valence-electron chi connectivity index (χ2n) is 8.15. The SMILES string of the molecule is CN(CC1CC(C(C)(C)C)CCC1N)C(C)(C)CO. The molecule has 0 aromatic rings. The van der Waals surface area contributed by atoms with E-state index < -0.39 is 0 Å². The molecule has 1 aliphatic carbocycles. The lowest BCUT2D eigenvalue weighted by molar-refractivity contribution is 0.0407. The molecular formula is C16H34N2O. The normalized spacial score (nSPS) is 29.8. The van der Waals surface area contributed by atoms with Crippen LogP contribution in [0.5, 0.6) is 0 Å². The molecule has 3 heteroatoms. The van der Waals surface area contributed by atoms with Gasteiger partial charge in [0.05, 0.1) is 6.61 Å². The van der Waals surface area contributed by atoms with Gasteiger partial charge in [0.1, 0.15) is 0 Å². The third-order valence-electron chi connectivity index (χ3n) is 5.19. The van der Waals surface area contributed by atoms with Crippen molar-refractivity contribution in [2.75, 3.05) is 20.2 Å². The van der Waals surface area contributed by atoms with Gasteiger partial charge < -0.3 is 10.8 Å². The highest BCUT2D eigenvalue weighted by Crippen LogP contribution is 2.40. The van der Waals surface area contributed by atoms with Crippen LogP contribution in [0.25, 0.3) is 0 Å². The van der Waals surface area contributed by atoms with Crippen LogP contribution in [-0.4, -0.2) is 41.8 Å². The smallest absolute Gasteiger partial charge is 0.0609 e. The van der Waals surface area contributed by atoms with E-state index in [1.165, 1.54) is 12.8 Å². The Balaban J connectivity index is 2.65. The van der Waals surface area contributed by atoms with Crippen molar-refractivity contribution in [2.24, 2.45) is 23.0 Å². The van der Waals surface area contributed by atoms with E-state index in [9.17, 15) is 5.11 Å². The average molecular weight is 270 g/mol. The van der Waals surface area contributed by atoms with Crippen molar-refractivity contribution in [1.82, 2.24) is 4.90 Å². The first-order valence-electron chi connectivity index (χ1n) is 7.65. The maximum Gasteiger partial charge on any atom is 0.0609 e. The molecule has 0 bridgehead atoms. The van der Waals surface area contributed by atoms with Crippen LogP contribution in [0.4, 0.5) is 0 Å². The van der Waals surface area contributed by atoms with Crippen LogP contribution in [0.2, 0.25) is 0 Å². The van der Waals surface area contributed by atoms with Gasteiger partial charge in [0.15, 0.2) is 0 Å². The van der Waals surface area contributed by atoms with Gasteiger partial charge in [-0.25, -0.2) is 0 Å². The highest BCUT2D eigenvalue weighted by Gasteiger charge is 2.36. The molecule has 1 rings (SSSR count). The highest BCUT2D eigenvalue weighted by atomic mass is 16.3. The van der Waals surface area contributed by atoms with E-state index in [0.29, 0.717) is 17.4 Å². The van der Waals surface area contributed by atoms with E-state index in [1.54, 1.807) is 0 Å². The summed E-state index contributed by atoms with van der Waals surface area (Å²) in [6.45, 7) is 12.4. The van der Waals surface area contributed by atoms with Crippen molar-refractivity contribution < 1.29 is 5.11 Å². The van der Waals surface area contributed by atoms with Crippen molar-refractivity contribution in [3.8, 4) is 0 Å². The number of hydrogen-bond acceptors (Lipinski definition) is 3. The minimum Gasteiger partial charge on any atom is -0.394 e. The zero-order chi connectivity index (χ0) is 14.8. The van der Waals surface area contributed by atoms with E-state index in [1.807, 2.05) is 0 Å². The molecule has 1 fully saturated rings. The van der Waals surface area contributed by atoms with E-state index >= 15 is 0 Å². The van der Waals surface area contributed by atoms with Gasteiger partial charge in [-0.15, -0.1) is 0 Å². The largest absolute Gasteiger partial charge is 0.394 e. The van der Waals surface area contributed by atoms with E-state index in [0.717, 1.165) is 18.9 Å². The molecule has 1 saturated carbocycles. The summed E-state index contributed by atoms with van der Waals surface area (Å²) in [7, 11) is 2.10. The number of aliphatic hydroxyl groups is 1. The Kier molecular flexibility index (Phi) is 5.44. The summed E-state index contributed by atoms with van der Waals surface area (Å²) in [5.74, 6) is 1.32. The number of hydrogen-bond donors (Lipinski definition) is 2. The maximum atomic E-state index is 9.47. The van der Waals surface area contributed by atoms with Crippen LogP contribution in [0, 0.1) is 17.3 Å². The number of nitrogens with two attached hydrogens (primary N) is 1. The van der Waals surface area contributed by atoms with Crippen molar-refractivity contribution in [2.45, 2.75) is 65.5 Å². The fraction of sp³-hybridized carbons (Fsp3) is 1.00. The summed E-state index contributed by atoms with van der Waals surface area (Å²) in [4.78, 5) is 2.27. The Bertz CT molecular complexity index is 283. The van der Waals surface area contributed by atoms with Crippen LogP contribution in [0.3, 0.4) is 0 Å². The molecule has 19 heavy (non-hydrogen) atoms. The first kappa shape index (κ1) is 16.9. The summed E-state index contributed by atoms with van der Waals surface area (Å²) >= 11 is 0. The summed E-state index contributed by atoms with van der Waals surface area (Å²) in [6.07, 6.45) is 3.62. The van der Waals surface area contributed by atoms with Gasteiger partial charge in [0.2, 0.25) is 0 Å². The number of aliphatic hydroxyl groups excluding tert-OH is 1. The quantitative estimate of drug-likeness (QED) is 0.825. The molecule has 1 aliphatic rings. The molecule has 0 saturated heterocycles. The molecule has 3 N–H and O–H groups in total. The number of likely N-dealkylation sites (N-methyl/N-ethyl adjacent to an activating group) is 1. The monoisotopic (exact) mass is 270 g/mol. The summed E-state index contributed by atoms with van der Waals surface area (Å²) in [5, 5.41) is 9.47. The van der Waals surface area contributed by atoms with Crippen LogP contribution in [0.15, 0.2) is 0 Å². The zero-order valence-corrected chi connectivity index (χ0v) is 13.7. The van der Waals surface area contributed by atoms with Crippen LogP contribution in [0.1, 0.15) is 53.9 Å². The molecule has 0 heterocycles. The van der Waals surface area contributed by atoms with Gasteiger partial charge in [0.25, 0.3) is 0 Å². The lowest BCUT2D eigenvalue weighted by Crippen LogP contribution is -2.51. The zero-order valence-electron chi connectivity index (χ0n) is 13.7. The van der Waals surface area contributed by atoms with Gasteiger partial charge in [-0.05, 0) is 57.4 Å². The van der Waals surface area contributed by atoms with E-state index in [-0.39, 0.29) is 12.1 Å². The Morgan fingerprint density at radius 2 is 1.74 bits per heavy atom. The highest BCUT2D eigenvalue weighted by molar-refractivity contribution is 4.90. The lowest BCUT2D eigenvalue weighted by Gasteiger charge is -2.44. The third-order valence-corrected chi connectivity index (χ3v) is 5.19. The molecule has 3 atom stereocenters. The van der Waals surface area contributed by atoms with Crippen LogP contribution >= 0.6 is 0 Å². The van der Waals surface area contributed by atoms with Crippen molar-refractivity contribution in [3.63, 3.8) is 0 Å². The predicted molar refractivity (Wildman–Crippen MR) is 82.1 cm³/mol. The molecule has 0 spiro atoms. The second kappa shape index (κ2) is 6.11.